The third-order valence-electron chi connectivity index (χ3n) is 2.47. The molecule has 0 aliphatic rings. The van der Waals surface area contributed by atoms with Crippen LogP contribution >= 0.6 is 0 Å². The van der Waals surface area contributed by atoms with Crippen LogP contribution in [0.4, 0.5) is 0 Å². The van der Waals surface area contributed by atoms with E-state index in [4.69, 9.17) is 4.74 Å². The van der Waals surface area contributed by atoms with Crippen LogP contribution in [0.25, 0.3) is 0 Å². The van der Waals surface area contributed by atoms with Gasteiger partial charge in [0.2, 0.25) is 0 Å². The number of rotatable bonds is 5. The molecule has 2 heterocycles. The maximum atomic E-state index is 11.4. The summed E-state index contributed by atoms with van der Waals surface area (Å²) < 4.78 is 6.62. The molecule has 0 spiro atoms. The first kappa shape index (κ1) is 12.3. The lowest BCUT2D eigenvalue weighted by Crippen LogP contribution is -2.05. The van der Waals surface area contributed by atoms with Crippen molar-refractivity contribution < 1.29 is 9.53 Å². The molecular formula is C13H15N3O2. The average Bonchev–Trinajstić information content (AvgIpc) is 2.87. The zero-order chi connectivity index (χ0) is 12.8. The molecule has 18 heavy (non-hydrogen) atoms. The number of nitrogens with zero attached hydrogens (tertiary/aromatic N) is 3. The van der Waals surface area contributed by atoms with E-state index in [2.05, 4.69) is 10.1 Å². The molecule has 0 saturated heterocycles. The highest BCUT2D eigenvalue weighted by Gasteiger charge is 2.08. The van der Waals surface area contributed by atoms with Crippen LogP contribution in [0.3, 0.4) is 0 Å². The molecule has 0 atom stereocenters. The Morgan fingerprint density at radius 2 is 2.33 bits per heavy atom. The van der Waals surface area contributed by atoms with E-state index in [0.29, 0.717) is 18.7 Å². The Morgan fingerprint density at radius 3 is 3.06 bits per heavy atom. The van der Waals surface area contributed by atoms with E-state index in [-0.39, 0.29) is 5.97 Å². The first-order valence-electron chi connectivity index (χ1n) is 5.89. The summed E-state index contributed by atoms with van der Waals surface area (Å²) >= 11 is 0. The van der Waals surface area contributed by atoms with Gasteiger partial charge in [0.1, 0.15) is 0 Å². The van der Waals surface area contributed by atoms with Crippen molar-refractivity contribution in [3.63, 3.8) is 0 Å². The lowest BCUT2D eigenvalue weighted by atomic mass is 10.3. The first-order chi connectivity index (χ1) is 8.79. The summed E-state index contributed by atoms with van der Waals surface area (Å²) in [5, 5.41) is 4.12. The Bertz CT molecular complexity index is 508. The highest BCUT2D eigenvalue weighted by atomic mass is 16.5. The van der Waals surface area contributed by atoms with E-state index >= 15 is 0 Å². The van der Waals surface area contributed by atoms with E-state index in [1.54, 1.807) is 24.0 Å². The lowest BCUT2D eigenvalue weighted by Gasteiger charge is -2.00. The second-order valence-corrected chi connectivity index (χ2v) is 3.78. The number of aryl methyl sites for hydroxylation is 2. The average molecular weight is 245 g/mol. The Morgan fingerprint density at radius 1 is 1.44 bits per heavy atom. The number of carbonyl (C=O) groups excluding carboxylic acids is 1. The number of hydrogen-bond acceptors (Lipinski definition) is 4. The second kappa shape index (κ2) is 5.95. The molecule has 0 aromatic carbocycles. The molecule has 0 bridgehead atoms. The molecule has 5 heteroatoms. The van der Waals surface area contributed by atoms with Gasteiger partial charge in [0.25, 0.3) is 0 Å². The van der Waals surface area contributed by atoms with Gasteiger partial charge < -0.3 is 4.74 Å². The number of hydrogen-bond donors (Lipinski definition) is 0. The minimum absolute atomic E-state index is 0.332. The van der Waals surface area contributed by atoms with Crippen LogP contribution in [0.1, 0.15) is 23.0 Å². The molecule has 0 N–H and O–H groups in total. The largest absolute Gasteiger partial charge is 0.462 e. The number of pyridine rings is 1. The van der Waals surface area contributed by atoms with Crippen molar-refractivity contribution in [2.45, 2.75) is 19.9 Å². The van der Waals surface area contributed by atoms with Gasteiger partial charge in [-0.1, -0.05) is 6.07 Å². The molecule has 0 aliphatic heterocycles. The molecule has 0 saturated carbocycles. The summed E-state index contributed by atoms with van der Waals surface area (Å²) in [5.74, 6) is -0.332. The van der Waals surface area contributed by atoms with Gasteiger partial charge in [-0.25, -0.2) is 4.79 Å². The Kier molecular flexibility index (Phi) is 4.06. The Hall–Kier alpha value is -2.17. The van der Waals surface area contributed by atoms with Gasteiger partial charge in [-0.3, -0.25) is 9.67 Å². The minimum atomic E-state index is -0.332. The molecule has 0 aliphatic carbocycles. The SMILES string of the molecule is CCOC(=O)c1cnn(CCc2ccccn2)c1. The van der Waals surface area contributed by atoms with Gasteiger partial charge in [0.15, 0.2) is 0 Å². The smallest absolute Gasteiger partial charge is 0.341 e. The number of ether oxygens (including phenoxy) is 1. The summed E-state index contributed by atoms with van der Waals surface area (Å²) in [6.45, 7) is 2.85. The van der Waals surface area contributed by atoms with Crippen LogP contribution in [0.2, 0.25) is 0 Å². The van der Waals surface area contributed by atoms with E-state index in [1.165, 1.54) is 6.20 Å². The summed E-state index contributed by atoms with van der Waals surface area (Å²) in [6.07, 6.45) is 5.77. The number of carbonyl (C=O) groups is 1. The summed E-state index contributed by atoms with van der Waals surface area (Å²) in [6, 6.07) is 5.81. The van der Waals surface area contributed by atoms with Gasteiger partial charge in [0, 0.05) is 31.1 Å². The summed E-state index contributed by atoms with van der Waals surface area (Å²) in [4.78, 5) is 15.7. The van der Waals surface area contributed by atoms with Crippen molar-refractivity contribution >= 4 is 5.97 Å². The molecule has 0 radical (unpaired) electrons. The van der Waals surface area contributed by atoms with E-state index in [9.17, 15) is 4.79 Å². The van der Waals surface area contributed by atoms with Gasteiger partial charge in [0.05, 0.1) is 18.4 Å². The Balaban J connectivity index is 1.93. The van der Waals surface area contributed by atoms with Crippen LogP contribution in [0.5, 0.6) is 0 Å². The molecule has 2 rings (SSSR count). The number of esters is 1. The monoisotopic (exact) mass is 245 g/mol. The lowest BCUT2D eigenvalue weighted by molar-refractivity contribution is 0.0526. The van der Waals surface area contributed by atoms with Crippen molar-refractivity contribution in [3.8, 4) is 0 Å². The van der Waals surface area contributed by atoms with Crippen LogP contribution < -0.4 is 0 Å². The molecule has 2 aromatic rings. The first-order valence-corrected chi connectivity index (χ1v) is 5.89. The highest BCUT2D eigenvalue weighted by Crippen LogP contribution is 2.02. The van der Waals surface area contributed by atoms with Gasteiger partial charge in [-0.05, 0) is 19.1 Å². The molecule has 0 unspecified atom stereocenters. The molecule has 2 aromatic heterocycles. The molecule has 0 fully saturated rings. The maximum absolute atomic E-state index is 11.4. The quantitative estimate of drug-likeness (QED) is 0.752. The zero-order valence-corrected chi connectivity index (χ0v) is 10.2. The zero-order valence-electron chi connectivity index (χ0n) is 10.2. The molecular weight excluding hydrogens is 230 g/mol. The highest BCUT2D eigenvalue weighted by molar-refractivity contribution is 5.88. The third kappa shape index (κ3) is 3.16. The molecule has 0 amide bonds. The standard InChI is InChI=1S/C13H15N3O2/c1-2-18-13(17)11-9-15-16(10-11)8-6-12-5-3-4-7-14-12/h3-5,7,9-10H,2,6,8H2,1H3. The fraction of sp³-hybridized carbons (Fsp3) is 0.308. The predicted molar refractivity (Wildman–Crippen MR) is 66.1 cm³/mol. The third-order valence-corrected chi connectivity index (χ3v) is 2.47. The normalized spacial score (nSPS) is 10.3. The maximum Gasteiger partial charge on any atom is 0.341 e. The van der Waals surface area contributed by atoms with Gasteiger partial charge >= 0.3 is 5.97 Å². The summed E-state index contributed by atoms with van der Waals surface area (Å²) in [7, 11) is 0. The summed E-state index contributed by atoms with van der Waals surface area (Å²) in [5.41, 5.74) is 1.49. The van der Waals surface area contributed by atoms with Crippen LogP contribution in [-0.4, -0.2) is 27.3 Å². The molecule has 94 valence electrons. The van der Waals surface area contributed by atoms with Crippen molar-refractivity contribution in [1.82, 2.24) is 14.8 Å². The van der Waals surface area contributed by atoms with Gasteiger partial charge in [-0.2, -0.15) is 5.10 Å². The second-order valence-electron chi connectivity index (χ2n) is 3.78. The topological polar surface area (TPSA) is 57.0 Å². The Labute approximate surface area is 105 Å². The predicted octanol–water partition coefficient (Wildman–Crippen LogP) is 1.70. The van der Waals surface area contributed by atoms with Crippen LogP contribution in [-0.2, 0) is 17.7 Å². The van der Waals surface area contributed by atoms with Crippen LogP contribution in [0, 0.1) is 0 Å². The van der Waals surface area contributed by atoms with Crippen molar-refractivity contribution in [3.05, 3.63) is 48.0 Å². The van der Waals surface area contributed by atoms with E-state index < -0.39 is 0 Å². The van der Waals surface area contributed by atoms with E-state index in [1.807, 2.05) is 18.2 Å². The van der Waals surface area contributed by atoms with Gasteiger partial charge in [-0.15, -0.1) is 0 Å². The van der Waals surface area contributed by atoms with Crippen molar-refractivity contribution in [2.75, 3.05) is 6.61 Å². The van der Waals surface area contributed by atoms with E-state index in [0.717, 1.165) is 12.1 Å². The van der Waals surface area contributed by atoms with Crippen molar-refractivity contribution in [2.24, 2.45) is 0 Å². The van der Waals surface area contributed by atoms with Crippen LogP contribution in [0.15, 0.2) is 36.8 Å². The number of aromatic nitrogens is 3. The fourth-order valence-electron chi connectivity index (χ4n) is 1.58. The molecule has 5 nitrogen and oxygen atoms in total. The fourth-order valence-corrected chi connectivity index (χ4v) is 1.58. The van der Waals surface area contributed by atoms with Crippen molar-refractivity contribution in [1.29, 1.82) is 0 Å². The minimum Gasteiger partial charge on any atom is -0.462 e.